The van der Waals surface area contributed by atoms with E-state index in [9.17, 15) is 18.0 Å². The number of anilines is 1. The number of carbonyl (C=O) groups is 2. The van der Waals surface area contributed by atoms with Gasteiger partial charge in [-0.3, -0.25) is 0 Å². The van der Waals surface area contributed by atoms with Crippen LogP contribution in [-0.4, -0.2) is 68.1 Å². The Hall–Kier alpha value is -2.51. The second kappa shape index (κ2) is 13.0. The van der Waals surface area contributed by atoms with Gasteiger partial charge in [-0.25, -0.2) is 9.59 Å². The van der Waals surface area contributed by atoms with Crippen LogP contribution in [0.25, 0.3) is 0 Å². The number of methoxy groups -OCH3 is 2. The number of rotatable bonds is 5. The summed E-state index contributed by atoms with van der Waals surface area (Å²) in [4.78, 5) is 24.1. The molecule has 2 amide bonds. The summed E-state index contributed by atoms with van der Waals surface area (Å²) in [6, 6.07) is 10.5. The van der Waals surface area contributed by atoms with Gasteiger partial charge in [0.05, 0.1) is 14.2 Å². The van der Waals surface area contributed by atoms with Crippen molar-refractivity contribution < 1.29 is 37.3 Å². The number of nitrogens with zero attached hydrogens (tertiary/aromatic N) is 1. The van der Waals surface area contributed by atoms with Crippen LogP contribution in [0.3, 0.4) is 0 Å². The minimum Gasteiger partial charge on any atom is -0.493 e. The second-order valence-electron chi connectivity index (χ2n) is 9.91. The van der Waals surface area contributed by atoms with Crippen LogP contribution in [0.2, 0.25) is 0 Å². The van der Waals surface area contributed by atoms with Gasteiger partial charge in [0.25, 0.3) is 0 Å². The highest BCUT2D eigenvalue weighted by atomic mass is 79.9. The lowest BCUT2D eigenvalue weighted by molar-refractivity contribution is -0.192. The summed E-state index contributed by atoms with van der Waals surface area (Å²) in [6.45, 7) is 3.06. The van der Waals surface area contributed by atoms with Crippen LogP contribution < -0.4 is 20.1 Å². The molecule has 1 aliphatic carbocycles. The molecule has 2 aromatic rings. The number of carboxylic acid groups (broad SMARTS) is 1. The van der Waals surface area contributed by atoms with Crippen molar-refractivity contribution >= 4 is 49.5 Å². The number of carbonyl (C=O) groups excluding carboxylic acids is 1. The molecule has 220 valence electrons. The van der Waals surface area contributed by atoms with Gasteiger partial charge in [-0.05, 0) is 81.6 Å². The lowest BCUT2D eigenvalue weighted by atomic mass is 9.65. The quantitative estimate of drug-likeness (QED) is 0.331. The topological polar surface area (TPSA) is 100 Å². The Morgan fingerprint density at radius 3 is 2.23 bits per heavy atom. The molecule has 1 saturated heterocycles. The van der Waals surface area contributed by atoms with E-state index in [4.69, 9.17) is 19.4 Å². The summed E-state index contributed by atoms with van der Waals surface area (Å²) in [5, 5.41) is 13.3. The molecule has 40 heavy (non-hydrogen) atoms. The van der Waals surface area contributed by atoms with Crippen LogP contribution in [0.15, 0.2) is 39.3 Å². The molecule has 0 bridgehead atoms. The summed E-state index contributed by atoms with van der Waals surface area (Å²) in [5.74, 6) is -1.23. The fourth-order valence-electron chi connectivity index (χ4n) is 5.46. The first-order valence-corrected chi connectivity index (χ1v) is 14.1. The van der Waals surface area contributed by atoms with Crippen molar-refractivity contribution in [3.63, 3.8) is 0 Å². The van der Waals surface area contributed by atoms with Crippen LogP contribution in [0.1, 0.15) is 36.8 Å². The molecule has 4 rings (SSSR count). The van der Waals surface area contributed by atoms with Crippen LogP contribution in [0.4, 0.5) is 23.7 Å². The Morgan fingerprint density at radius 2 is 1.68 bits per heavy atom. The number of likely N-dealkylation sites (tertiary alicyclic amines) is 1. The minimum atomic E-state index is -5.08. The summed E-state index contributed by atoms with van der Waals surface area (Å²) < 4.78 is 44.7. The standard InChI is InChI=1S/C25H31Br2N3O3.C2HF3O2/c1-15-19(26)12-18(13-20(15)27)29-24(31)28-17-7-8-25(9-10-30(2)23(25)14-17)16-5-6-21(32-3)22(11-16)33-4;3-2(4,5)1(6)7/h5-6,11-13,17,23H,7-10,14H2,1-4H3,(H2,28,29,31);(H,6,7). The first-order valence-electron chi connectivity index (χ1n) is 12.5. The fraction of sp³-hybridized carbons (Fsp3) is 0.481. The third kappa shape index (κ3) is 7.22. The van der Waals surface area contributed by atoms with Crippen molar-refractivity contribution in [3.8, 4) is 11.5 Å². The van der Waals surface area contributed by atoms with Crippen LogP contribution in [0, 0.1) is 6.92 Å². The number of carboxylic acids is 1. The van der Waals surface area contributed by atoms with E-state index in [1.54, 1.807) is 14.2 Å². The van der Waals surface area contributed by atoms with Gasteiger partial charge in [-0.1, -0.05) is 37.9 Å². The number of amides is 2. The number of benzene rings is 2. The third-order valence-electron chi connectivity index (χ3n) is 7.60. The molecule has 1 saturated carbocycles. The molecular formula is C27H32Br2F3N3O5. The zero-order chi connectivity index (χ0) is 29.8. The van der Waals surface area contributed by atoms with Crippen LogP contribution in [-0.2, 0) is 10.2 Å². The maximum atomic E-state index is 12.8. The molecular weight excluding hydrogens is 663 g/mol. The first-order chi connectivity index (χ1) is 18.7. The molecule has 0 spiro atoms. The van der Waals surface area contributed by atoms with Gasteiger partial charge >= 0.3 is 18.2 Å². The molecule has 1 aliphatic heterocycles. The number of aliphatic carboxylic acids is 1. The summed E-state index contributed by atoms with van der Waals surface area (Å²) >= 11 is 7.09. The Kier molecular flexibility index (Phi) is 10.4. The Labute approximate surface area is 247 Å². The maximum Gasteiger partial charge on any atom is 0.490 e. The van der Waals surface area contributed by atoms with E-state index in [0.29, 0.717) is 6.04 Å². The molecule has 13 heteroatoms. The van der Waals surface area contributed by atoms with Gasteiger partial charge in [-0.15, -0.1) is 0 Å². The zero-order valence-electron chi connectivity index (χ0n) is 22.5. The number of likely N-dealkylation sites (N-methyl/N-ethyl adjacent to an activating group) is 1. The summed E-state index contributed by atoms with van der Waals surface area (Å²) in [5.41, 5.74) is 3.22. The minimum absolute atomic E-state index is 0.0651. The third-order valence-corrected chi connectivity index (χ3v) is 9.25. The van der Waals surface area contributed by atoms with Crippen molar-refractivity contribution in [1.82, 2.24) is 10.2 Å². The number of urea groups is 1. The Morgan fingerprint density at radius 1 is 1.07 bits per heavy atom. The van der Waals surface area contributed by atoms with E-state index in [1.165, 1.54) is 5.56 Å². The molecule has 2 aromatic carbocycles. The van der Waals surface area contributed by atoms with E-state index >= 15 is 0 Å². The number of nitrogens with one attached hydrogen (secondary N) is 2. The first kappa shape index (κ1) is 32.0. The van der Waals surface area contributed by atoms with Gasteiger partial charge in [-0.2, -0.15) is 13.2 Å². The monoisotopic (exact) mass is 693 g/mol. The highest BCUT2D eigenvalue weighted by Gasteiger charge is 2.50. The van der Waals surface area contributed by atoms with Crippen molar-refractivity contribution in [2.24, 2.45) is 0 Å². The summed E-state index contributed by atoms with van der Waals surface area (Å²) in [6.07, 6.45) is -1.11. The van der Waals surface area contributed by atoms with E-state index in [1.807, 2.05) is 25.1 Å². The van der Waals surface area contributed by atoms with Gasteiger partial charge in [0, 0.05) is 32.1 Å². The van der Waals surface area contributed by atoms with Crippen molar-refractivity contribution in [1.29, 1.82) is 0 Å². The van der Waals surface area contributed by atoms with Gasteiger partial charge < -0.3 is 30.1 Å². The smallest absolute Gasteiger partial charge is 0.490 e. The number of halogens is 5. The molecule has 0 radical (unpaired) electrons. The molecule has 3 atom stereocenters. The number of alkyl halides is 3. The van der Waals surface area contributed by atoms with Gasteiger partial charge in [0.1, 0.15) is 0 Å². The molecule has 2 fully saturated rings. The largest absolute Gasteiger partial charge is 0.493 e. The lowest BCUT2D eigenvalue weighted by Crippen LogP contribution is -2.52. The van der Waals surface area contributed by atoms with Gasteiger partial charge in [0.15, 0.2) is 11.5 Å². The molecule has 3 unspecified atom stereocenters. The predicted molar refractivity (Wildman–Crippen MR) is 152 cm³/mol. The summed E-state index contributed by atoms with van der Waals surface area (Å²) in [7, 11) is 5.54. The van der Waals surface area contributed by atoms with Crippen LogP contribution in [0.5, 0.6) is 11.5 Å². The average Bonchev–Trinajstić information content (AvgIpc) is 3.23. The van der Waals surface area contributed by atoms with E-state index in [0.717, 1.165) is 63.9 Å². The Balaban J connectivity index is 0.000000559. The highest BCUT2D eigenvalue weighted by Crippen LogP contribution is 2.49. The highest BCUT2D eigenvalue weighted by molar-refractivity contribution is 9.11. The van der Waals surface area contributed by atoms with E-state index < -0.39 is 12.1 Å². The zero-order valence-corrected chi connectivity index (χ0v) is 25.7. The maximum absolute atomic E-state index is 12.8. The van der Waals surface area contributed by atoms with Crippen molar-refractivity contribution in [2.45, 2.75) is 56.3 Å². The van der Waals surface area contributed by atoms with Crippen molar-refractivity contribution in [2.75, 3.05) is 33.1 Å². The number of hydrogen-bond donors (Lipinski definition) is 3. The molecule has 8 nitrogen and oxygen atoms in total. The van der Waals surface area contributed by atoms with Crippen molar-refractivity contribution in [3.05, 3.63) is 50.4 Å². The average molecular weight is 695 g/mol. The molecule has 0 aromatic heterocycles. The van der Waals surface area contributed by atoms with Crippen LogP contribution >= 0.6 is 31.9 Å². The second-order valence-corrected chi connectivity index (χ2v) is 11.6. The number of ether oxygens (including phenoxy) is 2. The molecule has 2 aliphatic rings. The normalized spacial score (nSPS) is 22.4. The Bertz CT molecular complexity index is 1220. The lowest BCUT2D eigenvalue weighted by Gasteiger charge is -2.45. The van der Waals surface area contributed by atoms with Gasteiger partial charge in [0.2, 0.25) is 0 Å². The molecule has 3 N–H and O–H groups in total. The van der Waals surface area contributed by atoms with E-state index in [-0.39, 0.29) is 17.5 Å². The number of hydrogen-bond acceptors (Lipinski definition) is 5. The fourth-order valence-corrected chi connectivity index (χ4v) is 6.65. The predicted octanol–water partition coefficient (Wildman–Crippen LogP) is 6.49. The molecule has 1 heterocycles. The number of fused-ring (bicyclic) bond motifs is 1. The SMILES string of the molecule is COc1ccc(C23CCC(NC(=O)Nc4cc(Br)c(C)c(Br)c4)CC2N(C)CC3)cc1OC.O=C(O)C(F)(F)F. The van der Waals surface area contributed by atoms with E-state index in [2.05, 4.69) is 66.6 Å².